The Morgan fingerprint density at radius 1 is 1.47 bits per heavy atom. The highest BCUT2D eigenvalue weighted by Gasteiger charge is 2.30. The molecular formula is C15H28N4. The van der Waals surface area contributed by atoms with Gasteiger partial charge in [-0.05, 0) is 32.2 Å². The summed E-state index contributed by atoms with van der Waals surface area (Å²) in [5.74, 6) is 0.867. The first-order valence-electron chi connectivity index (χ1n) is 7.53. The summed E-state index contributed by atoms with van der Waals surface area (Å²) in [6.45, 7) is 3.23. The molecule has 3 unspecified atom stereocenters. The molecule has 0 spiro atoms. The molecule has 0 bridgehead atoms. The summed E-state index contributed by atoms with van der Waals surface area (Å²) in [4.78, 5) is 2.42. The highest BCUT2D eigenvalue weighted by molar-refractivity contribution is 5.04. The van der Waals surface area contributed by atoms with Crippen molar-refractivity contribution in [1.29, 1.82) is 0 Å². The summed E-state index contributed by atoms with van der Waals surface area (Å²) < 4.78 is 1.86. The Labute approximate surface area is 117 Å². The van der Waals surface area contributed by atoms with Gasteiger partial charge in [0.15, 0.2) is 0 Å². The van der Waals surface area contributed by atoms with Crippen molar-refractivity contribution >= 4 is 0 Å². The van der Waals surface area contributed by atoms with Crippen molar-refractivity contribution in [3.63, 3.8) is 0 Å². The van der Waals surface area contributed by atoms with Crippen LogP contribution in [0, 0.1) is 5.92 Å². The lowest BCUT2D eigenvalue weighted by Crippen LogP contribution is -2.49. The van der Waals surface area contributed by atoms with E-state index in [0.717, 1.165) is 12.5 Å². The lowest BCUT2D eigenvalue weighted by Gasteiger charge is -2.39. The van der Waals surface area contributed by atoms with E-state index in [-0.39, 0.29) is 0 Å². The summed E-state index contributed by atoms with van der Waals surface area (Å²) in [5, 5.41) is 4.24. The fourth-order valence-electron chi connectivity index (χ4n) is 3.39. The summed E-state index contributed by atoms with van der Waals surface area (Å²) in [7, 11) is 4.17. The molecule has 0 aromatic carbocycles. The van der Waals surface area contributed by atoms with Crippen LogP contribution in [-0.4, -0.2) is 33.8 Å². The molecule has 0 saturated heterocycles. The summed E-state index contributed by atoms with van der Waals surface area (Å²) in [6, 6.07) is 0.847. The molecule has 19 heavy (non-hydrogen) atoms. The number of rotatable bonds is 5. The Morgan fingerprint density at radius 2 is 2.26 bits per heavy atom. The van der Waals surface area contributed by atoms with E-state index < -0.39 is 0 Å². The first-order chi connectivity index (χ1) is 9.10. The van der Waals surface area contributed by atoms with Crippen molar-refractivity contribution in [2.24, 2.45) is 18.7 Å². The van der Waals surface area contributed by atoms with Gasteiger partial charge in [-0.15, -0.1) is 0 Å². The van der Waals surface area contributed by atoms with Gasteiger partial charge in [-0.2, -0.15) is 5.10 Å². The average Bonchev–Trinajstić information content (AvgIpc) is 2.77. The molecule has 1 aliphatic carbocycles. The fourth-order valence-corrected chi connectivity index (χ4v) is 3.39. The number of nitrogens with two attached hydrogens (primary N) is 1. The molecule has 1 saturated carbocycles. The number of nitrogens with zero attached hydrogens (tertiary/aromatic N) is 3. The van der Waals surface area contributed by atoms with E-state index in [2.05, 4.69) is 30.2 Å². The predicted molar refractivity (Wildman–Crippen MR) is 78.7 cm³/mol. The van der Waals surface area contributed by atoms with Gasteiger partial charge in [-0.1, -0.05) is 19.8 Å². The lowest BCUT2D eigenvalue weighted by atomic mass is 9.80. The van der Waals surface area contributed by atoms with Gasteiger partial charge in [-0.25, -0.2) is 0 Å². The van der Waals surface area contributed by atoms with Crippen molar-refractivity contribution in [1.82, 2.24) is 14.7 Å². The van der Waals surface area contributed by atoms with E-state index in [1.54, 1.807) is 0 Å². The van der Waals surface area contributed by atoms with Crippen molar-refractivity contribution in [3.8, 4) is 0 Å². The molecule has 4 heteroatoms. The summed E-state index contributed by atoms with van der Waals surface area (Å²) in [5.41, 5.74) is 7.61. The van der Waals surface area contributed by atoms with E-state index in [4.69, 9.17) is 5.73 Å². The second kappa shape index (κ2) is 6.53. The molecule has 0 aliphatic heterocycles. The Balaban J connectivity index is 1.94. The molecule has 1 fully saturated rings. The van der Waals surface area contributed by atoms with E-state index in [1.165, 1.54) is 37.7 Å². The van der Waals surface area contributed by atoms with Crippen molar-refractivity contribution in [2.45, 2.75) is 57.7 Å². The molecule has 2 rings (SSSR count). The number of hydrogen-bond acceptors (Lipinski definition) is 3. The average molecular weight is 264 g/mol. The Kier molecular flexibility index (Phi) is 4.99. The van der Waals surface area contributed by atoms with Crippen LogP contribution in [0.1, 0.15) is 44.6 Å². The second-order valence-electron chi connectivity index (χ2n) is 6.14. The third-order valence-corrected chi connectivity index (χ3v) is 4.43. The number of aryl methyl sites for hydroxylation is 1. The molecule has 1 aromatic heterocycles. The molecule has 3 atom stereocenters. The lowest BCUT2D eigenvalue weighted by molar-refractivity contribution is 0.127. The number of likely N-dealkylation sites (N-methyl/N-ethyl adjacent to an activating group) is 1. The molecule has 0 amide bonds. The zero-order valence-electron chi connectivity index (χ0n) is 12.5. The zero-order chi connectivity index (χ0) is 13.8. The van der Waals surface area contributed by atoms with E-state index in [9.17, 15) is 0 Å². The molecular weight excluding hydrogens is 236 g/mol. The standard InChI is InChI=1S/C15H28N4/c1-4-5-12-6-7-14(16)15(8-12)18(2)10-13-9-17-19(3)11-13/h9,11-12,14-15H,4-8,10,16H2,1-3H3. The molecule has 1 aromatic rings. The van der Waals surface area contributed by atoms with Crippen LogP contribution in [0.25, 0.3) is 0 Å². The van der Waals surface area contributed by atoms with Crippen LogP contribution < -0.4 is 5.73 Å². The zero-order valence-corrected chi connectivity index (χ0v) is 12.5. The first-order valence-corrected chi connectivity index (χ1v) is 7.53. The third kappa shape index (κ3) is 3.80. The monoisotopic (exact) mass is 264 g/mol. The van der Waals surface area contributed by atoms with Gasteiger partial charge >= 0.3 is 0 Å². The van der Waals surface area contributed by atoms with Crippen molar-refractivity contribution in [2.75, 3.05) is 7.05 Å². The SMILES string of the molecule is CCCC1CCC(N)C(N(C)Cc2cnn(C)c2)C1. The Hall–Kier alpha value is -0.870. The van der Waals surface area contributed by atoms with Gasteiger partial charge in [-0.3, -0.25) is 9.58 Å². The summed E-state index contributed by atoms with van der Waals surface area (Å²) in [6.07, 6.45) is 10.4. The van der Waals surface area contributed by atoms with Gasteiger partial charge in [0, 0.05) is 37.4 Å². The van der Waals surface area contributed by atoms with Crippen LogP contribution in [0.15, 0.2) is 12.4 Å². The third-order valence-electron chi connectivity index (χ3n) is 4.43. The summed E-state index contributed by atoms with van der Waals surface area (Å²) >= 11 is 0. The molecule has 0 radical (unpaired) electrons. The molecule has 4 nitrogen and oxygen atoms in total. The highest BCUT2D eigenvalue weighted by atomic mass is 15.2. The molecule has 1 aliphatic rings. The smallest absolute Gasteiger partial charge is 0.0534 e. The van der Waals surface area contributed by atoms with E-state index >= 15 is 0 Å². The predicted octanol–water partition coefficient (Wildman–Crippen LogP) is 2.15. The van der Waals surface area contributed by atoms with Gasteiger partial charge < -0.3 is 5.73 Å². The van der Waals surface area contributed by atoms with Crippen LogP contribution >= 0.6 is 0 Å². The fraction of sp³-hybridized carbons (Fsp3) is 0.800. The maximum Gasteiger partial charge on any atom is 0.0534 e. The van der Waals surface area contributed by atoms with Crippen LogP contribution in [0.3, 0.4) is 0 Å². The molecule has 108 valence electrons. The van der Waals surface area contributed by atoms with Crippen LogP contribution in [0.5, 0.6) is 0 Å². The Morgan fingerprint density at radius 3 is 2.89 bits per heavy atom. The maximum absolute atomic E-state index is 6.33. The Bertz CT molecular complexity index is 387. The highest BCUT2D eigenvalue weighted by Crippen LogP contribution is 2.30. The van der Waals surface area contributed by atoms with Gasteiger partial charge in [0.1, 0.15) is 0 Å². The minimum atomic E-state index is 0.328. The normalized spacial score (nSPS) is 27.9. The second-order valence-corrected chi connectivity index (χ2v) is 6.14. The quantitative estimate of drug-likeness (QED) is 0.886. The van der Waals surface area contributed by atoms with Crippen LogP contribution in [0.2, 0.25) is 0 Å². The van der Waals surface area contributed by atoms with E-state index in [1.807, 2.05) is 17.9 Å². The minimum Gasteiger partial charge on any atom is -0.326 e. The van der Waals surface area contributed by atoms with Gasteiger partial charge in [0.05, 0.1) is 6.20 Å². The minimum absolute atomic E-state index is 0.328. The van der Waals surface area contributed by atoms with Crippen LogP contribution in [-0.2, 0) is 13.6 Å². The van der Waals surface area contributed by atoms with Crippen molar-refractivity contribution in [3.05, 3.63) is 18.0 Å². The maximum atomic E-state index is 6.33. The van der Waals surface area contributed by atoms with Crippen LogP contribution in [0.4, 0.5) is 0 Å². The number of aromatic nitrogens is 2. The van der Waals surface area contributed by atoms with Gasteiger partial charge in [0.2, 0.25) is 0 Å². The van der Waals surface area contributed by atoms with Gasteiger partial charge in [0.25, 0.3) is 0 Å². The molecule has 1 heterocycles. The van der Waals surface area contributed by atoms with E-state index in [0.29, 0.717) is 12.1 Å². The molecule has 2 N–H and O–H groups in total. The number of hydrogen-bond donors (Lipinski definition) is 1. The first kappa shape index (κ1) is 14.5. The van der Waals surface area contributed by atoms with Crippen molar-refractivity contribution < 1.29 is 0 Å². The topological polar surface area (TPSA) is 47.1 Å². The largest absolute Gasteiger partial charge is 0.326 e.